The van der Waals surface area contributed by atoms with Crippen LogP contribution >= 0.6 is 11.6 Å². The van der Waals surface area contributed by atoms with Gasteiger partial charge in [-0.05, 0) is 32.9 Å². The smallest absolute Gasteiger partial charge is 0.329 e. The van der Waals surface area contributed by atoms with Crippen LogP contribution in [0.4, 0.5) is 0 Å². The van der Waals surface area contributed by atoms with Gasteiger partial charge in [-0.3, -0.25) is 4.79 Å². The molecule has 0 unspecified atom stereocenters. The SMILES string of the molecule is CCN(C(=O)COc1ccccc1Cl)C(C)(C)C(=O)O. The summed E-state index contributed by atoms with van der Waals surface area (Å²) < 4.78 is 5.34. The molecular formula is C14H18ClNO4. The first-order valence-electron chi connectivity index (χ1n) is 6.22. The van der Waals surface area contributed by atoms with Crippen LogP contribution in [0, 0.1) is 0 Å². The van der Waals surface area contributed by atoms with Crippen molar-refractivity contribution in [3.8, 4) is 5.75 Å². The summed E-state index contributed by atoms with van der Waals surface area (Å²) in [5.74, 6) is -1.07. The van der Waals surface area contributed by atoms with Crippen LogP contribution in [0.5, 0.6) is 5.75 Å². The Kier molecular flexibility index (Phi) is 5.39. The maximum Gasteiger partial charge on any atom is 0.329 e. The molecule has 0 fully saturated rings. The molecule has 0 saturated carbocycles. The third kappa shape index (κ3) is 3.63. The number of carbonyl (C=O) groups excluding carboxylic acids is 1. The lowest BCUT2D eigenvalue weighted by atomic mass is 10.0. The summed E-state index contributed by atoms with van der Waals surface area (Å²) in [4.78, 5) is 24.6. The van der Waals surface area contributed by atoms with Gasteiger partial charge in [-0.1, -0.05) is 23.7 Å². The normalized spacial score (nSPS) is 11.0. The number of carboxylic acid groups (broad SMARTS) is 1. The predicted molar refractivity (Wildman–Crippen MR) is 76.0 cm³/mol. The molecule has 0 radical (unpaired) electrons. The molecule has 0 aliphatic carbocycles. The Balaban J connectivity index is 2.75. The first-order valence-corrected chi connectivity index (χ1v) is 6.59. The predicted octanol–water partition coefficient (Wildman–Crippen LogP) is 2.43. The van der Waals surface area contributed by atoms with Crippen LogP contribution < -0.4 is 4.74 Å². The van der Waals surface area contributed by atoms with Crippen molar-refractivity contribution in [2.75, 3.05) is 13.2 Å². The van der Waals surface area contributed by atoms with E-state index in [4.69, 9.17) is 21.4 Å². The van der Waals surface area contributed by atoms with Gasteiger partial charge in [-0.25, -0.2) is 4.79 Å². The van der Waals surface area contributed by atoms with E-state index in [0.717, 1.165) is 0 Å². The molecule has 5 nitrogen and oxygen atoms in total. The number of ether oxygens (including phenoxy) is 1. The Bertz CT molecular complexity index is 502. The summed E-state index contributed by atoms with van der Waals surface area (Å²) in [7, 11) is 0. The van der Waals surface area contributed by atoms with Crippen LogP contribution in [0.25, 0.3) is 0 Å². The standard InChI is InChI=1S/C14H18ClNO4/c1-4-16(14(2,3)13(18)19)12(17)9-20-11-8-6-5-7-10(11)15/h5-8H,4,9H2,1-3H3,(H,18,19). The van der Waals surface area contributed by atoms with E-state index >= 15 is 0 Å². The molecule has 0 spiro atoms. The number of nitrogens with zero attached hydrogens (tertiary/aromatic N) is 1. The topological polar surface area (TPSA) is 66.8 Å². The fourth-order valence-corrected chi connectivity index (χ4v) is 1.97. The zero-order chi connectivity index (χ0) is 15.3. The highest BCUT2D eigenvalue weighted by Gasteiger charge is 2.36. The highest BCUT2D eigenvalue weighted by atomic mass is 35.5. The quantitative estimate of drug-likeness (QED) is 0.876. The minimum Gasteiger partial charge on any atom is -0.482 e. The molecule has 0 aliphatic heterocycles. The fraction of sp³-hybridized carbons (Fsp3) is 0.429. The molecule has 0 aromatic heterocycles. The maximum absolute atomic E-state index is 12.1. The number of halogens is 1. The second-order valence-electron chi connectivity index (χ2n) is 4.72. The number of hydrogen-bond donors (Lipinski definition) is 1. The van der Waals surface area contributed by atoms with Crippen LogP contribution in [0.3, 0.4) is 0 Å². The number of aliphatic carboxylic acids is 1. The van der Waals surface area contributed by atoms with Gasteiger partial charge in [0.05, 0.1) is 5.02 Å². The average molecular weight is 300 g/mol. The average Bonchev–Trinajstić information content (AvgIpc) is 2.38. The van der Waals surface area contributed by atoms with Crippen LogP contribution in [0.2, 0.25) is 5.02 Å². The largest absolute Gasteiger partial charge is 0.482 e. The van der Waals surface area contributed by atoms with Gasteiger partial charge in [0.15, 0.2) is 6.61 Å². The molecule has 0 atom stereocenters. The molecule has 1 aromatic carbocycles. The second-order valence-corrected chi connectivity index (χ2v) is 5.13. The molecule has 20 heavy (non-hydrogen) atoms. The van der Waals surface area contributed by atoms with E-state index in [1.165, 1.54) is 18.7 Å². The zero-order valence-corrected chi connectivity index (χ0v) is 12.5. The monoisotopic (exact) mass is 299 g/mol. The number of likely N-dealkylation sites (N-methyl/N-ethyl adjacent to an activating group) is 1. The molecule has 1 rings (SSSR count). The van der Waals surface area contributed by atoms with E-state index in [9.17, 15) is 9.59 Å². The molecule has 1 N–H and O–H groups in total. The van der Waals surface area contributed by atoms with E-state index in [-0.39, 0.29) is 13.2 Å². The van der Waals surface area contributed by atoms with Crippen LogP contribution in [0.15, 0.2) is 24.3 Å². The Labute approximate surface area is 123 Å². The van der Waals surface area contributed by atoms with Crippen molar-refractivity contribution in [2.24, 2.45) is 0 Å². The summed E-state index contributed by atoms with van der Waals surface area (Å²) in [6.07, 6.45) is 0. The molecule has 110 valence electrons. The number of hydrogen-bond acceptors (Lipinski definition) is 3. The van der Waals surface area contributed by atoms with Crippen molar-refractivity contribution in [3.05, 3.63) is 29.3 Å². The van der Waals surface area contributed by atoms with Crippen molar-refractivity contribution in [3.63, 3.8) is 0 Å². The molecule has 0 saturated heterocycles. The number of para-hydroxylation sites is 1. The van der Waals surface area contributed by atoms with Gasteiger partial charge >= 0.3 is 5.97 Å². The van der Waals surface area contributed by atoms with Crippen molar-refractivity contribution in [1.29, 1.82) is 0 Å². The van der Waals surface area contributed by atoms with Crippen molar-refractivity contribution in [1.82, 2.24) is 4.90 Å². The van der Waals surface area contributed by atoms with E-state index in [1.807, 2.05) is 0 Å². The van der Waals surface area contributed by atoms with Crippen LogP contribution in [0.1, 0.15) is 20.8 Å². The lowest BCUT2D eigenvalue weighted by Gasteiger charge is -2.34. The lowest BCUT2D eigenvalue weighted by Crippen LogP contribution is -2.54. The Morgan fingerprint density at radius 3 is 2.45 bits per heavy atom. The number of carbonyl (C=O) groups is 2. The van der Waals surface area contributed by atoms with E-state index < -0.39 is 17.4 Å². The molecular weight excluding hydrogens is 282 g/mol. The molecule has 0 bridgehead atoms. The highest BCUT2D eigenvalue weighted by Crippen LogP contribution is 2.23. The Morgan fingerprint density at radius 1 is 1.35 bits per heavy atom. The molecule has 1 aromatic rings. The molecule has 6 heteroatoms. The first-order chi connectivity index (χ1) is 9.30. The third-order valence-corrected chi connectivity index (χ3v) is 3.32. The fourth-order valence-electron chi connectivity index (χ4n) is 1.78. The number of carboxylic acids is 1. The first kappa shape index (κ1) is 16.3. The lowest BCUT2D eigenvalue weighted by molar-refractivity contribution is -0.157. The summed E-state index contributed by atoms with van der Waals surface area (Å²) in [5, 5.41) is 9.57. The number of amides is 1. The van der Waals surface area contributed by atoms with E-state index in [1.54, 1.807) is 31.2 Å². The van der Waals surface area contributed by atoms with Gasteiger partial charge in [-0.2, -0.15) is 0 Å². The zero-order valence-electron chi connectivity index (χ0n) is 11.7. The van der Waals surface area contributed by atoms with Crippen molar-refractivity contribution >= 4 is 23.5 Å². The summed E-state index contributed by atoms with van der Waals surface area (Å²) in [6, 6.07) is 6.79. The highest BCUT2D eigenvalue weighted by molar-refractivity contribution is 6.32. The summed E-state index contributed by atoms with van der Waals surface area (Å²) in [6.45, 7) is 4.70. The van der Waals surface area contributed by atoms with Crippen LogP contribution in [-0.4, -0.2) is 40.6 Å². The van der Waals surface area contributed by atoms with Gasteiger partial charge in [0.1, 0.15) is 11.3 Å². The molecule has 0 heterocycles. The van der Waals surface area contributed by atoms with Gasteiger partial charge in [-0.15, -0.1) is 0 Å². The second kappa shape index (κ2) is 6.61. The number of rotatable bonds is 6. The molecule has 0 aliphatic rings. The van der Waals surface area contributed by atoms with Crippen molar-refractivity contribution in [2.45, 2.75) is 26.3 Å². The Hall–Kier alpha value is -1.75. The molecule has 1 amide bonds. The van der Waals surface area contributed by atoms with E-state index in [0.29, 0.717) is 10.8 Å². The van der Waals surface area contributed by atoms with Gasteiger partial charge in [0, 0.05) is 6.54 Å². The third-order valence-electron chi connectivity index (χ3n) is 3.00. The van der Waals surface area contributed by atoms with Crippen molar-refractivity contribution < 1.29 is 19.4 Å². The van der Waals surface area contributed by atoms with Gasteiger partial charge in [0.25, 0.3) is 5.91 Å². The minimum atomic E-state index is -1.28. The van der Waals surface area contributed by atoms with Gasteiger partial charge < -0.3 is 14.7 Å². The van der Waals surface area contributed by atoms with E-state index in [2.05, 4.69) is 0 Å². The minimum absolute atomic E-state index is 0.256. The van der Waals surface area contributed by atoms with Crippen LogP contribution in [-0.2, 0) is 9.59 Å². The maximum atomic E-state index is 12.1. The Morgan fingerprint density at radius 2 is 1.95 bits per heavy atom. The number of benzene rings is 1. The summed E-state index contributed by atoms with van der Waals surface area (Å²) >= 11 is 5.92. The van der Waals surface area contributed by atoms with Gasteiger partial charge in [0.2, 0.25) is 0 Å². The summed E-state index contributed by atoms with van der Waals surface area (Å²) in [5.41, 5.74) is -1.28.